The Morgan fingerprint density at radius 3 is 2.71 bits per heavy atom. The van der Waals surface area contributed by atoms with Gasteiger partial charge in [-0.2, -0.15) is 15.2 Å². The van der Waals surface area contributed by atoms with Crippen LogP contribution in [0.2, 0.25) is 0 Å². The summed E-state index contributed by atoms with van der Waals surface area (Å²) in [6, 6.07) is 3.71. The quantitative estimate of drug-likeness (QED) is 0.532. The minimum atomic E-state index is -0.884. The third-order valence-electron chi connectivity index (χ3n) is 8.30. The van der Waals surface area contributed by atoms with E-state index in [0.29, 0.717) is 31.9 Å². The molecule has 3 saturated heterocycles. The summed E-state index contributed by atoms with van der Waals surface area (Å²) in [5.74, 6) is -0.689. The minimum Gasteiger partial charge on any atom is -0.461 e. The van der Waals surface area contributed by atoms with Gasteiger partial charge < -0.3 is 9.64 Å². The fourth-order valence-corrected chi connectivity index (χ4v) is 7.00. The predicted molar refractivity (Wildman–Crippen MR) is 123 cm³/mol. The van der Waals surface area contributed by atoms with E-state index in [1.54, 1.807) is 0 Å². The Balaban J connectivity index is 1.37. The van der Waals surface area contributed by atoms with Crippen molar-refractivity contribution in [1.29, 1.82) is 5.26 Å². The second-order valence-corrected chi connectivity index (χ2v) is 11.0. The number of nitrogens with zero attached hydrogens (tertiary/aromatic N) is 5. The number of ether oxygens (including phenoxy) is 1. The zero-order chi connectivity index (χ0) is 23.6. The van der Waals surface area contributed by atoms with E-state index in [1.165, 1.54) is 6.07 Å². The van der Waals surface area contributed by atoms with Crippen LogP contribution in [0.15, 0.2) is 10.5 Å². The summed E-state index contributed by atoms with van der Waals surface area (Å²) in [7, 11) is 0. The maximum Gasteiger partial charge on any atom is 0.319 e. The lowest BCUT2D eigenvalue weighted by molar-refractivity contribution is 0.107. The van der Waals surface area contributed by atoms with Crippen LogP contribution in [0.5, 0.6) is 6.01 Å². The molecule has 0 spiro atoms. The molecule has 4 fully saturated rings. The first kappa shape index (κ1) is 22.4. The molecule has 1 aliphatic carbocycles. The van der Waals surface area contributed by atoms with Gasteiger partial charge in [-0.3, -0.25) is 4.90 Å². The van der Waals surface area contributed by atoms with Crippen molar-refractivity contribution in [3.05, 3.63) is 22.2 Å². The van der Waals surface area contributed by atoms with E-state index in [0.717, 1.165) is 32.2 Å². The van der Waals surface area contributed by atoms with Gasteiger partial charge in [0.15, 0.2) is 5.82 Å². The van der Waals surface area contributed by atoms with Crippen LogP contribution in [0.4, 0.5) is 19.0 Å². The Morgan fingerprint density at radius 2 is 1.97 bits per heavy atom. The molecule has 1 unspecified atom stereocenters. The lowest BCUT2D eigenvalue weighted by atomic mass is 9.86. The predicted octanol–water partition coefficient (Wildman–Crippen LogP) is 4.61. The summed E-state index contributed by atoms with van der Waals surface area (Å²) in [4.78, 5) is 13.1. The molecule has 2 bridgehead atoms. The number of rotatable bonds is 4. The molecule has 1 saturated carbocycles. The second-order valence-electron chi connectivity index (χ2n) is 10.2. The van der Waals surface area contributed by atoms with Crippen LogP contribution in [0.25, 0.3) is 10.9 Å². The van der Waals surface area contributed by atoms with E-state index < -0.39 is 17.8 Å². The van der Waals surface area contributed by atoms with Gasteiger partial charge in [-0.1, -0.05) is 0 Å². The van der Waals surface area contributed by atoms with E-state index in [9.17, 15) is 14.0 Å². The molecule has 0 amide bonds. The van der Waals surface area contributed by atoms with Gasteiger partial charge in [0.2, 0.25) is 0 Å². The minimum absolute atomic E-state index is 0.00570. The zero-order valence-electron chi connectivity index (χ0n) is 18.6. The van der Waals surface area contributed by atoms with Gasteiger partial charge in [-0.05, 0) is 66.1 Å². The Labute approximate surface area is 204 Å². The molecule has 3 aliphatic heterocycles. The van der Waals surface area contributed by atoms with Crippen LogP contribution >= 0.6 is 15.9 Å². The number of anilines is 1. The molecule has 5 atom stereocenters. The molecule has 6 nitrogen and oxygen atoms in total. The number of fused-ring (bicyclic) bond motifs is 4. The van der Waals surface area contributed by atoms with Crippen molar-refractivity contribution in [2.75, 3.05) is 37.7 Å². The third kappa shape index (κ3) is 3.46. The van der Waals surface area contributed by atoms with E-state index in [1.807, 2.05) is 4.90 Å². The largest absolute Gasteiger partial charge is 0.461 e. The van der Waals surface area contributed by atoms with Gasteiger partial charge in [0, 0.05) is 31.4 Å². The van der Waals surface area contributed by atoms with Gasteiger partial charge in [-0.15, -0.1) is 0 Å². The highest BCUT2D eigenvalue weighted by Crippen LogP contribution is 2.45. The normalized spacial score (nSPS) is 32.9. The number of benzene rings is 1. The number of alkyl halides is 1. The molecule has 180 valence electrons. The van der Waals surface area contributed by atoms with Gasteiger partial charge in [0.1, 0.15) is 29.9 Å². The number of hydrogen-bond donors (Lipinski definition) is 0. The summed E-state index contributed by atoms with van der Waals surface area (Å²) in [5, 5.41) is 9.85. The molecule has 6 rings (SSSR count). The Bertz CT molecular complexity index is 1180. The fraction of sp³-hybridized carbons (Fsp3) is 0.625. The Hall–Kier alpha value is -2.12. The molecule has 1 aromatic carbocycles. The molecule has 4 heterocycles. The topological polar surface area (TPSA) is 65.3 Å². The zero-order valence-corrected chi connectivity index (χ0v) is 20.2. The highest BCUT2D eigenvalue weighted by atomic mass is 79.9. The van der Waals surface area contributed by atoms with Crippen LogP contribution in [0.1, 0.15) is 32.1 Å². The lowest BCUT2D eigenvalue weighted by Gasteiger charge is -2.36. The van der Waals surface area contributed by atoms with Crippen LogP contribution in [-0.2, 0) is 0 Å². The maximum absolute atomic E-state index is 15.1. The third-order valence-corrected chi connectivity index (χ3v) is 9.03. The first-order valence-corrected chi connectivity index (χ1v) is 12.7. The van der Waals surface area contributed by atoms with Crippen molar-refractivity contribution in [3.63, 3.8) is 0 Å². The number of hydrogen-bond acceptors (Lipinski definition) is 6. The first-order chi connectivity index (χ1) is 16.4. The van der Waals surface area contributed by atoms with Crippen LogP contribution in [-0.4, -0.2) is 59.4 Å². The van der Waals surface area contributed by atoms with E-state index >= 15 is 4.39 Å². The summed E-state index contributed by atoms with van der Waals surface area (Å²) in [6.07, 6.45) is 3.27. The highest BCUT2D eigenvalue weighted by molar-refractivity contribution is 9.10. The average molecular weight is 536 g/mol. The molecular formula is C24H25BrF3N5O. The van der Waals surface area contributed by atoms with Crippen molar-refractivity contribution in [2.45, 2.75) is 43.8 Å². The van der Waals surface area contributed by atoms with E-state index in [-0.39, 0.29) is 51.3 Å². The summed E-state index contributed by atoms with van der Waals surface area (Å²) in [5.41, 5.74) is -0.400. The number of aromatic nitrogens is 2. The molecule has 0 N–H and O–H groups in total. The van der Waals surface area contributed by atoms with E-state index in [4.69, 9.17) is 4.74 Å². The van der Waals surface area contributed by atoms with Crippen molar-refractivity contribution in [3.8, 4) is 12.1 Å². The smallest absolute Gasteiger partial charge is 0.319 e. The first-order valence-electron chi connectivity index (χ1n) is 11.9. The monoisotopic (exact) mass is 535 g/mol. The van der Waals surface area contributed by atoms with Crippen molar-refractivity contribution in [1.82, 2.24) is 14.9 Å². The Kier molecular flexibility index (Phi) is 5.41. The molecule has 10 heteroatoms. The standard InChI is InChI=1S/C24H25BrF3N5O/c25-19-18(27)6-16-21(20(19)28)30-23(34-12-24-4-1-5-33(24)11-15(26)7-24)31-22(16)32-9-13-2-3-14(10-32)17(13)8-29/h6,13-15,17H,1-5,7,9-12H2/t13-,14+,15-,17?,24+/m1/s1. The number of piperidine rings is 1. The molecule has 2 aromatic rings. The van der Waals surface area contributed by atoms with Crippen molar-refractivity contribution >= 4 is 32.7 Å². The molecule has 0 radical (unpaired) electrons. The Morgan fingerprint density at radius 1 is 1.21 bits per heavy atom. The molecule has 1 aromatic heterocycles. The van der Waals surface area contributed by atoms with Gasteiger partial charge in [-0.25, -0.2) is 13.2 Å². The molecule has 4 aliphatic rings. The fourth-order valence-electron chi connectivity index (χ4n) is 6.70. The van der Waals surface area contributed by atoms with Crippen LogP contribution in [0, 0.1) is 40.7 Å². The SMILES string of the molecule is N#CC1[C@@H]2CC[C@H]1CN(c1nc(OC[C@@]34CCCN3C[C@H](F)C4)nc3c(F)c(Br)c(F)cc13)C2. The number of halogens is 4. The number of nitriles is 1. The average Bonchev–Trinajstić information content (AvgIpc) is 3.42. The lowest BCUT2D eigenvalue weighted by Crippen LogP contribution is -2.44. The van der Waals surface area contributed by atoms with Crippen molar-refractivity contribution < 1.29 is 17.9 Å². The van der Waals surface area contributed by atoms with Crippen LogP contribution < -0.4 is 9.64 Å². The van der Waals surface area contributed by atoms with E-state index in [2.05, 4.69) is 36.9 Å². The second kappa shape index (κ2) is 8.23. The maximum atomic E-state index is 15.1. The molecular weight excluding hydrogens is 511 g/mol. The summed E-state index contributed by atoms with van der Waals surface area (Å²) < 4.78 is 49.5. The highest BCUT2D eigenvalue weighted by Gasteiger charge is 2.49. The van der Waals surface area contributed by atoms with Crippen LogP contribution in [0.3, 0.4) is 0 Å². The summed E-state index contributed by atoms with van der Waals surface area (Å²) >= 11 is 2.98. The van der Waals surface area contributed by atoms with Gasteiger partial charge in [0.25, 0.3) is 0 Å². The van der Waals surface area contributed by atoms with Crippen molar-refractivity contribution in [2.24, 2.45) is 17.8 Å². The van der Waals surface area contributed by atoms with Gasteiger partial charge >= 0.3 is 6.01 Å². The summed E-state index contributed by atoms with van der Waals surface area (Å²) in [6.45, 7) is 2.67. The van der Waals surface area contributed by atoms with Gasteiger partial charge in [0.05, 0.1) is 22.0 Å². The molecule has 34 heavy (non-hydrogen) atoms.